The molecule has 0 aromatic heterocycles. The molecule has 0 bridgehead atoms. The lowest BCUT2D eigenvalue weighted by Gasteiger charge is -2.14. The highest BCUT2D eigenvalue weighted by atomic mass is 16.1. The smallest absolute Gasteiger partial charge is 0.263 e. The summed E-state index contributed by atoms with van der Waals surface area (Å²) in [5.41, 5.74) is 4.99. The number of aryl methyl sites for hydroxylation is 1. The summed E-state index contributed by atoms with van der Waals surface area (Å²) >= 11 is 0. The number of para-hydroxylation sites is 1. The Labute approximate surface area is 183 Å². The number of carbonyl (C=O) groups is 1. The number of nitriles is 1. The van der Waals surface area contributed by atoms with Crippen LogP contribution in [0.2, 0.25) is 0 Å². The fraction of sp³-hybridized carbons (Fsp3) is 0.154. The van der Waals surface area contributed by atoms with Gasteiger partial charge in [0, 0.05) is 23.3 Å². The van der Waals surface area contributed by atoms with E-state index in [9.17, 15) is 10.1 Å². The van der Waals surface area contributed by atoms with Crippen molar-refractivity contribution in [1.29, 1.82) is 5.26 Å². The number of nitrogens with one attached hydrogen (secondary N) is 3. The van der Waals surface area contributed by atoms with E-state index >= 15 is 0 Å². The van der Waals surface area contributed by atoms with Crippen molar-refractivity contribution < 1.29 is 4.79 Å². The van der Waals surface area contributed by atoms with E-state index in [2.05, 4.69) is 35.0 Å². The third-order valence-corrected chi connectivity index (χ3v) is 4.93. The maximum absolute atomic E-state index is 12.5. The van der Waals surface area contributed by atoms with Gasteiger partial charge in [-0.15, -0.1) is 0 Å². The highest BCUT2D eigenvalue weighted by molar-refractivity contribution is 5.97. The SMILES string of the molecule is CCc1ccc(C(C)NC(=O)/C(C#N)=C\Nc2ccc(Nc3ccccc3)cc2)cc1. The van der Waals surface area contributed by atoms with E-state index in [1.807, 2.05) is 79.7 Å². The Morgan fingerprint density at radius 2 is 1.55 bits per heavy atom. The summed E-state index contributed by atoms with van der Waals surface area (Å²) in [6.45, 7) is 4.00. The average molecular weight is 411 g/mol. The molecule has 3 aromatic rings. The van der Waals surface area contributed by atoms with Crippen LogP contribution in [0.25, 0.3) is 0 Å². The van der Waals surface area contributed by atoms with Gasteiger partial charge in [0.15, 0.2) is 0 Å². The highest BCUT2D eigenvalue weighted by Gasteiger charge is 2.13. The van der Waals surface area contributed by atoms with Crippen LogP contribution < -0.4 is 16.0 Å². The largest absolute Gasteiger partial charge is 0.360 e. The van der Waals surface area contributed by atoms with E-state index < -0.39 is 5.91 Å². The number of benzene rings is 3. The first-order valence-corrected chi connectivity index (χ1v) is 10.3. The molecular weight excluding hydrogens is 384 g/mol. The predicted molar refractivity (Wildman–Crippen MR) is 126 cm³/mol. The summed E-state index contributed by atoms with van der Waals surface area (Å²) < 4.78 is 0. The summed E-state index contributed by atoms with van der Waals surface area (Å²) in [6, 6.07) is 27.4. The molecular formula is C26H26N4O. The molecule has 3 aromatic carbocycles. The van der Waals surface area contributed by atoms with Crippen LogP contribution in [0.15, 0.2) is 90.6 Å². The van der Waals surface area contributed by atoms with Gasteiger partial charge in [0.1, 0.15) is 11.6 Å². The van der Waals surface area contributed by atoms with E-state index in [1.54, 1.807) is 0 Å². The fourth-order valence-corrected chi connectivity index (χ4v) is 3.04. The van der Waals surface area contributed by atoms with Gasteiger partial charge in [-0.1, -0.05) is 49.4 Å². The first-order chi connectivity index (χ1) is 15.1. The summed E-state index contributed by atoms with van der Waals surface area (Å²) in [5, 5.41) is 18.6. The Morgan fingerprint density at radius 1 is 0.935 bits per heavy atom. The molecule has 0 saturated carbocycles. The van der Waals surface area contributed by atoms with Crippen molar-refractivity contribution in [2.45, 2.75) is 26.3 Å². The first kappa shape index (κ1) is 21.7. The van der Waals surface area contributed by atoms with Gasteiger partial charge in [-0.2, -0.15) is 5.26 Å². The molecule has 1 atom stereocenters. The van der Waals surface area contributed by atoms with Crippen LogP contribution in [-0.2, 0) is 11.2 Å². The number of nitrogens with zero attached hydrogens (tertiary/aromatic N) is 1. The van der Waals surface area contributed by atoms with Crippen molar-refractivity contribution in [3.8, 4) is 6.07 Å². The monoisotopic (exact) mass is 410 g/mol. The van der Waals surface area contributed by atoms with Gasteiger partial charge in [0.2, 0.25) is 0 Å². The molecule has 0 saturated heterocycles. The van der Waals surface area contributed by atoms with Crippen LogP contribution in [0.5, 0.6) is 0 Å². The molecule has 3 N–H and O–H groups in total. The zero-order chi connectivity index (χ0) is 22.1. The molecule has 5 nitrogen and oxygen atoms in total. The lowest BCUT2D eigenvalue weighted by Crippen LogP contribution is -2.28. The van der Waals surface area contributed by atoms with Crippen molar-refractivity contribution >= 4 is 23.0 Å². The van der Waals surface area contributed by atoms with Crippen LogP contribution in [0.1, 0.15) is 31.0 Å². The second-order valence-electron chi connectivity index (χ2n) is 7.17. The third-order valence-electron chi connectivity index (χ3n) is 4.93. The minimum absolute atomic E-state index is 0.0171. The second kappa shape index (κ2) is 10.7. The molecule has 0 radical (unpaired) electrons. The van der Waals surface area contributed by atoms with Crippen LogP contribution in [0.3, 0.4) is 0 Å². The fourth-order valence-electron chi connectivity index (χ4n) is 3.04. The molecule has 0 aliphatic rings. The molecule has 5 heteroatoms. The second-order valence-corrected chi connectivity index (χ2v) is 7.17. The molecule has 0 aliphatic carbocycles. The van der Waals surface area contributed by atoms with Crippen LogP contribution in [-0.4, -0.2) is 5.91 Å². The number of hydrogen-bond donors (Lipinski definition) is 3. The Kier molecular flexibility index (Phi) is 7.45. The molecule has 0 spiro atoms. The zero-order valence-corrected chi connectivity index (χ0v) is 17.7. The summed E-state index contributed by atoms with van der Waals surface area (Å²) in [5.74, 6) is -0.413. The minimum Gasteiger partial charge on any atom is -0.360 e. The Balaban J connectivity index is 1.59. The van der Waals surface area contributed by atoms with Gasteiger partial charge in [0.05, 0.1) is 6.04 Å². The van der Waals surface area contributed by atoms with Gasteiger partial charge < -0.3 is 16.0 Å². The summed E-state index contributed by atoms with van der Waals surface area (Å²) in [7, 11) is 0. The van der Waals surface area contributed by atoms with Crippen molar-refractivity contribution in [1.82, 2.24) is 5.32 Å². The topological polar surface area (TPSA) is 77.0 Å². The molecule has 1 amide bonds. The Morgan fingerprint density at radius 3 is 2.16 bits per heavy atom. The zero-order valence-electron chi connectivity index (χ0n) is 17.7. The van der Waals surface area contributed by atoms with Crippen LogP contribution >= 0.6 is 0 Å². The standard InChI is InChI=1S/C26H26N4O/c1-3-20-9-11-21(12-10-20)19(2)29-26(31)22(17-27)18-28-23-13-15-25(16-14-23)30-24-7-5-4-6-8-24/h4-16,18-19,28,30H,3H2,1-2H3,(H,29,31)/b22-18-. The molecule has 31 heavy (non-hydrogen) atoms. The molecule has 1 unspecified atom stereocenters. The number of carbonyl (C=O) groups excluding carboxylic acids is 1. The van der Waals surface area contributed by atoms with Crippen LogP contribution in [0.4, 0.5) is 17.1 Å². The number of rotatable bonds is 8. The average Bonchev–Trinajstić information content (AvgIpc) is 2.81. The van der Waals surface area contributed by atoms with Gasteiger partial charge in [-0.3, -0.25) is 4.79 Å². The van der Waals surface area contributed by atoms with Crippen molar-refractivity contribution in [2.75, 3.05) is 10.6 Å². The Hall–Kier alpha value is -4.04. The van der Waals surface area contributed by atoms with Gasteiger partial charge >= 0.3 is 0 Å². The normalized spacial score (nSPS) is 11.8. The number of hydrogen-bond acceptors (Lipinski definition) is 4. The predicted octanol–water partition coefficient (Wildman–Crippen LogP) is 5.69. The molecule has 0 fully saturated rings. The van der Waals surface area contributed by atoms with Crippen molar-refractivity contribution in [2.24, 2.45) is 0 Å². The maximum Gasteiger partial charge on any atom is 0.263 e. The molecule has 0 heterocycles. The quantitative estimate of drug-likeness (QED) is 0.329. The number of anilines is 3. The van der Waals surface area contributed by atoms with Crippen molar-refractivity contribution in [3.05, 3.63) is 102 Å². The van der Waals surface area contributed by atoms with E-state index in [0.29, 0.717) is 0 Å². The van der Waals surface area contributed by atoms with Crippen LogP contribution in [0, 0.1) is 11.3 Å². The molecule has 0 aliphatic heterocycles. The summed E-state index contributed by atoms with van der Waals surface area (Å²) in [6.07, 6.45) is 2.40. The highest BCUT2D eigenvalue weighted by Crippen LogP contribution is 2.19. The van der Waals surface area contributed by atoms with Gasteiger partial charge in [0.25, 0.3) is 5.91 Å². The van der Waals surface area contributed by atoms with Gasteiger partial charge in [-0.05, 0) is 60.9 Å². The van der Waals surface area contributed by atoms with Gasteiger partial charge in [-0.25, -0.2) is 0 Å². The van der Waals surface area contributed by atoms with E-state index in [4.69, 9.17) is 0 Å². The van der Waals surface area contributed by atoms with E-state index in [1.165, 1.54) is 11.8 Å². The minimum atomic E-state index is -0.413. The number of amides is 1. The van der Waals surface area contributed by atoms with Crippen molar-refractivity contribution in [3.63, 3.8) is 0 Å². The lowest BCUT2D eigenvalue weighted by atomic mass is 10.0. The maximum atomic E-state index is 12.5. The Bertz CT molecular complexity index is 1070. The third kappa shape index (κ3) is 6.22. The first-order valence-electron chi connectivity index (χ1n) is 10.3. The summed E-state index contributed by atoms with van der Waals surface area (Å²) in [4.78, 5) is 12.5. The molecule has 3 rings (SSSR count). The van der Waals surface area contributed by atoms with E-state index in [0.717, 1.165) is 29.0 Å². The molecule has 156 valence electrons. The lowest BCUT2D eigenvalue weighted by molar-refractivity contribution is -0.117. The van der Waals surface area contributed by atoms with E-state index in [-0.39, 0.29) is 11.6 Å².